The summed E-state index contributed by atoms with van der Waals surface area (Å²) in [6.07, 6.45) is 0.477. The number of aliphatic hydroxyl groups is 1. The van der Waals surface area contributed by atoms with Gasteiger partial charge in [0.05, 0.1) is 42.5 Å². The van der Waals surface area contributed by atoms with Crippen molar-refractivity contribution >= 4 is 40.7 Å². The first kappa shape index (κ1) is 27.6. The van der Waals surface area contributed by atoms with Gasteiger partial charge in [-0.15, -0.1) is 0 Å². The van der Waals surface area contributed by atoms with Crippen molar-refractivity contribution in [3.05, 3.63) is 57.1 Å². The summed E-state index contributed by atoms with van der Waals surface area (Å²) in [5.41, 5.74) is 0.576. The standard InChI is InChI=1S/C26H29Cl2NO7/c1-14(2)36-16-9-7-15(8-10-16)21-19(23(31)26(32)29(21)11-6-12-33-3)22(30)17-13-18(27)25(35-5)20(28)24(17)34-4/h7-10,13-14,21,30H,6,11-12H2,1-5H3/b22-19+. The van der Waals surface area contributed by atoms with Gasteiger partial charge in [-0.3, -0.25) is 9.59 Å². The number of ketones is 1. The molecule has 0 radical (unpaired) electrons. The minimum absolute atomic E-state index is 0.0208. The average Bonchev–Trinajstić information content (AvgIpc) is 3.09. The highest BCUT2D eigenvalue weighted by Crippen LogP contribution is 2.47. The summed E-state index contributed by atoms with van der Waals surface area (Å²) < 4.78 is 21.5. The monoisotopic (exact) mass is 537 g/mol. The number of benzene rings is 2. The molecule has 10 heteroatoms. The second kappa shape index (κ2) is 11.9. The zero-order valence-corrected chi connectivity index (χ0v) is 22.3. The van der Waals surface area contributed by atoms with Crippen LogP contribution in [0.5, 0.6) is 17.2 Å². The van der Waals surface area contributed by atoms with Gasteiger partial charge in [0.15, 0.2) is 11.5 Å². The number of halogens is 2. The van der Waals surface area contributed by atoms with Crippen molar-refractivity contribution in [2.24, 2.45) is 0 Å². The first-order valence-electron chi connectivity index (χ1n) is 11.3. The number of carbonyl (C=O) groups is 2. The van der Waals surface area contributed by atoms with Crippen LogP contribution in [0.15, 0.2) is 35.9 Å². The van der Waals surface area contributed by atoms with Crippen molar-refractivity contribution in [3.8, 4) is 17.2 Å². The Bertz CT molecular complexity index is 1160. The Morgan fingerprint density at radius 1 is 1.06 bits per heavy atom. The van der Waals surface area contributed by atoms with E-state index in [9.17, 15) is 14.7 Å². The number of amides is 1. The van der Waals surface area contributed by atoms with E-state index in [1.807, 2.05) is 13.8 Å². The number of hydrogen-bond acceptors (Lipinski definition) is 7. The Labute approximate surface area is 220 Å². The third kappa shape index (κ3) is 5.40. The Morgan fingerprint density at radius 3 is 2.25 bits per heavy atom. The van der Waals surface area contributed by atoms with E-state index in [1.54, 1.807) is 31.4 Å². The number of likely N-dealkylation sites (tertiary alicyclic amines) is 1. The number of hydrogen-bond donors (Lipinski definition) is 1. The highest BCUT2D eigenvalue weighted by atomic mass is 35.5. The number of aliphatic hydroxyl groups excluding tert-OH is 1. The van der Waals surface area contributed by atoms with Crippen molar-refractivity contribution < 1.29 is 33.6 Å². The van der Waals surface area contributed by atoms with Gasteiger partial charge >= 0.3 is 0 Å². The SMILES string of the molecule is COCCCN1C(=O)C(=O)/C(=C(/O)c2cc(Cl)c(OC)c(Cl)c2OC)C1c1ccc(OC(C)C)cc1. The third-order valence-corrected chi connectivity index (χ3v) is 6.27. The van der Waals surface area contributed by atoms with E-state index in [0.717, 1.165) is 0 Å². The van der Waals surface area contributed by atoms with E-state index in [0.29, 0.717) is 24.3 Å². The number of Topliss-reactive ketones (excluding diaryl/α,β-unsaturated/α-hetero) is 1. The molecule has 1 N–H and O–H groups in total. The summed E-state index contributed by atoms with van der Waals surface area (Å²) in [5, 5.41) is 11.5. The summed E-state index contributed by atoms with van der Waals surface area (Å²) in [6.45, 7) is 4.47. The minimum atomic E-state index is -0.862. The fourth-order valence-corrected chi connectivity index (χ4v) is 4.82. The zero-order valence-electron chi connectivity index (χ0n) is 20.8. The summed E-state index contributed by atoms with van der Waals surface area (Å²) in [6, 6.07) is 7.56. The lowest BCUT2D eigenvalue weighted by molar-refractivity contribution is -0.140. The summed E-state index contributed by atoms with van der Waals surface area (Å²) >= 11 is 12.7. The molecule has 1 unspecified atom stereocenters. The van der Waals surface area contributed by atoms with Crippen LogP contribution in [0.1, 0.15) is 37.4 Å². The van der Waals surface area contributed by atoms with Crippen molar-refractivity contribution in [2.75, 3.05) is 34.5 Å². The van der Waals surface area contributed by atoms with E-state index in [4.69, 9.17) is 42.1 Å². The number of rotatable bonds is 10. The van der Waals surface area contributed by atoms with Gasteiger partial charge in [-0.25, -0.2) is 0 Å². The van der Waals surface area contributed by atoms with Crippen LogP contribution in [0.2, 0.25) is 10.0 Å². The molecule has 1 amide bonds. The van der Waals surface area contributed by atoms with Gasteiger partial charge in [-0.05, 0) is 44.0 Å². The quantitative estimate of drug-likeness (QED) is 0.191. The van der Waals surface area contributed by atoms with Gasteiger partial charge in [0, 0.05) is 20.3 Å². The molecule has 1 heterocycles. The van der Waals surface area contributed by atoms with Gasteiger partial charge in [0.2, 0.25) is 0 Å². The molecular weight excluding hydrogens is 509 g/mol. The normalized spacial score (nSPS) is 17.1. The smallest absolute Gasteiger partial charge is 0.295 e. The molecule has 1 saturated heterocycles. The van der Waals surface area contributed by atoms with Crippen LogP contribution < -0.4 is 14.2 Å². The second-order valence-corrected chi connectivity index (χ2v) is 9.15. The van der Waals surface area contributed by atoms with Crippen molar-refractivity contribution in [1.29, 1.82) is 0 Å². The van der Waals surface area contributed by atoms with Crippen molar-refractivity contribution in [2.45, 2.75) is 32.4 Å². The average molecular weight is 538 g/mol. The largest absolute Gasteiger partial charge is 0.507 e. The lowest BCUT2D eigenvalue weighted by Crippen LogP contribution is -2.31. The second-order valence-electron chi connectivity index (χ2n) is 8.36. The number of carbonyl (C=O) groups excluding carboxylic acids is 2. The molecule has 0 aromatic heterocycles. The molecular formula is C26H29Cl2NO7. The topological polar surface area (TPSA) is 94.5 Å². The van der Waals surface area contributed by atoms with Crippen LogP contribution >= 0.6 is 23.2 Å². The number of ether oxygens (including phenoxy) is 4. The molecule has 0 aliphatic carbocycles. The fourth-order valence-electron chi connectivity index (χ4n) is 4.13. The van der Waals surface area contributed by atoms with Gasteiger partial charge in [-0.2, -0.15) is 0 Å². The number of methoxy groups -OCH3 is 3. The van der Waals surface area contributed by atoms with E-state index in [2.05, 4.69) is 0 Å². The Balaban J connectivity index is 2.20. The minimum Gasteiger partial charge on any atom is -0.507 e. The van der Waals surface area contributed by atoms with E-state index < -0.39 is 23.5 Å². The molecule has 0 saturated carbocycles. The summed E-state index contributed by atoms with van der Waals surface area (Å²) in [7, 11) is 4.31. The van der Waals surface area contributed by atoms with E-state index >= 15 is 0 Å². The van der Waals surface area contributed by atoms with Crippen LogP contribution in [0.4, 0.5) is 0 Å². The van der Waals surface area contributed by atoms with Gasteiger partial charge < -0.3 is 29.0 Å². The predicted molar refractivity (Wildman–Crippen MR) is 137 cm³/mol. The van der Waals surface area contributed by atoms with Crippen LogP contribution in [0.3, 0.4) is 0 Å². The van der Waals surface area contributed by atoms with Gasteiger partial charge in [0.1, 0.15) is 16.5 Å². The molecule has 3 rings (SSSR count). The van der Waals surface area contributed by atoms with Gasteiger partial charge in [0.25, 0.3) is 11.7 Å². The summed E-state index contributed by atoms with van der Waals surface area (Å²) in [5.74, 6) is -1.17. The highest BCUT2D eigenvalue weighted by Gasteiger charge is 2.46. The maximum atomic E-state index is 13.3. The predicted octanol–water partition coefficient (Wildman–Crippen LogP) is 5.26. The van der Waals surface area contributed by atoms with Crippen LogP contribution in [0.25, 0.3) is 5.76 Å². The molecule has 2 aromatic carbocycles. The Kier molecular flexibility index (Phi) is 9.11. The van der Waals surface area contributed by atoms with Gasteiger partial charge in [-0.1, -0.05) is 35.3 Å². The first-order chi connectivity index (χ1) is 17.2. The fraction of sp³-hybridized carbons (Fsp3) is 0.385. The third-order valence-electron chi connectivity index (χ3n) is 5.65. The molecule has 36 heavy (non-hydrogen) atoms. The maximum Gasteiger partial charge on any atom is 0.295 e. The molecule has 8 nitrogen and oxygen atoms in total. The molecule has 1 aliphatic rings. The molecule has 0 bridgehead atoms. The lowest BCUT2D eigenvalue weighted by atomic mass is 9.94. The molecule has 194 valence electrons. The first-order valence-corrected chi connectivity index (χ1v) is 12.1. The van der Waals surface area contributed by atoms with Crippen molar-refractivity contribution in [1.82, 2.24) is 4.90 Å². The molecule has 1 aliphatic heterocycles. The molecule has 1 atom stereocenters. The van der Waals surface area contributed by atoms with E-state index in [1.165, 1.54) is 25.2 Å². The van der Waals surface area contributed by atoms with Crippen molar-refractivity contribution in [3.63, 3.8) is 0 Å². The Hall–Kier alpha value is -2.94. The summed E-state index contributed by atoms with van der Waals surface area (Å²) in [4.78, 5) is 27.8. The Morgan fingerprint density at radius 2 is 1.69 bits per heavy atom. The van der Waals surface area contributed by atoms with E-state index in [-0.39, 0.29) is 45.3 Å². The van der Waals surface area contributed by atoms with Crippen LogP contribution in [-0.2, 0) is 14.3 Å². The van der Waals surface area contributed by atoms with Crippen LogP contribution in [0, 0.1) is 0 Å². The van der Waals surface area contributed by atoms with Crippen LogP contribution in [-0.4, -0.2) is 62.3 Å². The molecule has 0 spiro atoms. The number of nitrogens with zero attached hydrogens (tertiary/aromatic N) is 1. The molecule has 2 aromatic rings. The highest BCUT2D eigenvalue weighted by molar-refractivity contribution is 6.47. The maximum absolute atomic E-state index is 13.3. The lowest BCUT2D eigenvalue weighted by Gasteiger charge is -2.26. The zero-order chi connectivity index (χ0) is 26.6. The molecule has 1 fully saturated rings.